The maximum atomic E-state index is 13.5. The molecule has 3 heterocycles. The van der Waals surface area contributed by atoms with Gasteiger partial charge in [-0.15, -0.1) is 0 Å². The number of methoxy groups -OCH3 is 1. The van der Waals surface area contributed by atoms with Crippen LogP contribution in [0.2, 0.25) is 0 Å². The number of aromatic amines is 1. The van der Waals surface area contributed by atoms with Crippen LogP contribution in [0, 0.1) is 0 Å². The molecule has 0 aliphatic rings. The molecule has 0 fully saturated rings. The molecule has 0 bridgehead atoms. The normalized spacial score (nSPS) is 13.0. The van der Waals surface area contributed by atoms with Crippen molar-refractivity contribution in [3.63, 3.8) is 0 Å². The summed E-state index contributed by atoms with van der Waals surface area (Å²) in [6, 6.07) is 8.33. The zero-order valence-electron chi connectivity index (χ0n) is 20.0. The van der Waals surface area contributed by atoms with E-state index in [0.29, 0.717) is 5.75 Å². The molecule has 0 amide bonds. The number of hydrogen-bond acceptors (Lipinski definition) is 7. The second kappa shape index (κ2) is 9.88. The number of alkyl halides is 3. The van der Waals surface area contributed by atoms with Crippen molar-refractivity contribution in [2.75, 3.05) is 25.7 Å². The van der Waals surface area contributed by atoms with Crippen LogP contribution in [-0.4, -0.2) is 53.7 Å². The van der Waals surface area contributed by atoms with E-state index in [1.165, 1.54) is 43.6 Å². The van der Waals surface area contributed by atoms with Crippen LogP contribution >= 0.6 is 0 Å². The molecule has 0 spiro atoms. The van der Waals surface area contributed by atoms with E-state index in [1.54, 1.807) is 13.0 Å². The molecule has 196 valence electrons. The number of fused-ring (bicyclic) bond motifs is 1. The Morgan fingerprint density at radius 2 is 1.89 bits per heavy atom. The summed E-state index contributed by atoms with van der Waals surface area (Å²) >= 11 is 0. The Balaban J connectivity index is 1.89. The number of rotatable bonds is 8. The molecule has 13 heteroatoms. The van der Waals surface area contributed by atoms with Crippen molar-refractivity contribution in [1.82, 2.24) is 19.5 Å². The molecule has 0 aliphatic heterocycles. The average molecular weight is 537 g/mol. The van der Waals surface area contributed by atoms with Gasteiger partial charge in [0.2, 0.25) is 0 Å². The first-order valence-electron chi connectivity index (χ1n) is 11.0. The molecule has 9 nitrogen and oxygen atoms in total. The molecule has 0 radical (unpaired) electrons. The largest absolute Gasteiger partial charge is 0.491 e. The quantitative estimate of drug-likeness (QED) is 0.364. The first-order valence-corrected chi connectivity index (χ1v) is 13.1. The second-order valence-corrected chi connectivity index (χ2v) is 10.4. The van der Waals surface area contributed by atoms with Crippen LogP contribution in [0.5, 0.6) is 11.6 Å². The lowest BCUT2D eigenvalue weighted by Gasteiger charge is -2.19. The van der Waals surface area contributed by atoms with Gasteiger partial charge >= 0.3 is 11.9 Å². The Kier molecular flexibility index (Phi) is 7.00. The number of halogens is 3. The Morgan fingerprint density at radius 1 is 1.16 bits per heavy atom. The number of imidazole rings is 1. The third kappa shape index (κ3) is 5.45. The number of H-pyrrole nitrogens is 1. The van der Waals surface area contributed by atoms with E-state index in [9.17, 15) is 26.4 Å². The number of nitrogens with one attached hydrogen (secondary N) is 1. The zero-order chi connectivity index (χ0) is 27.0. The summed E-state index contributed by atoms with van der Waals surface area (Å²) in [5, 5.41) is 0. The van der Waals surface area contributed by atoms with Gasteiger partial charge < -0.3 is 14.5 Å². The monoisotopic (exact) mass is 536 g/mol. The van der Waals surface area contributed by atoms with Crippen molar-refractivity contribution in [2.45, 2.75) is 19.1 Å². The summed E-state index contributed by atoms with van der Waals surface area (Å²) in [7, 11) is -2.21. The molecule has 37 heavy (non-hydrogen) atoms. The average Bonchev–Trinajstić information content (AvgIpc) is 3.16. The van der Waals surface area contributed by atoms with Gasteiger partial charge in [0, 0.05) is 18.0 Å². The van der Waals surface area contributed by atoms with E-state index in [2.05, 4.69) is 15.0 Å². The highest BCUT2D eigenvalue weighted by atomic mass is 32.2. The lowest BCUT2D eigenvalue weighted by Crippen LogP contribution is -2.29. The van der Waals surface area contributed by atoms with Crippen LogP contribution in [0.15, 0.2) is 53.5 Å². The topological polar surface area (TPSA) is 116 Å². The minimum Gasteiger partial charge on any atom is -0.491 e. The van der Waals surface area contributed by atoms with Gasteiger partial charge in [0.15, 0.2) is 11.4 Å². The molecular formula is C24H23F3N4O5S. The van der Waals surface area contributed by atoms with Crippen LogP contribution in [0.25, 0.3) is 22.3 Å². The molecule has 1 N–H and O–H groups in total. The number of hydrogen-bond donors (Lipinski definition) is 1. The highest BCUT2D eigenvalue weighted by Crippen LogP contribution is 2.37. The third-order valence-corrected chi connectivity index (χ3v) is 6.48. The molecule has 0 saturated heterocycles. The summed E-state index contributed by atoms with van der Waals surface area (Å²) in [4.78, 5) is 24.3. The highest BCUT2D eigenvalue weighted by Gasteiger charge is 2.33. The fraction of sp³-hybridized carbons (Fsp3) is 0.292. The van der Waals surface area contributed by atoms with Gasteiger partial charge in [0.05, 0.1) is 42.3 Å². The Bertz CT molecular complexity index is 1610. The third-order valence-electron chi connectivity index (χ3n) is 5.56. The van der Waals surface area contributed by atoms with E-state index in [1.807, 2.05) is 0 Å². The predicted molar refractivity (Wildman–Crippen MR) is 131 cm³/mol. The van der Waals surface area contributed by atoms with Gasteiger partial charge in [0.25, 0.3) is 5.88 Å². The molecule has 1 aromatic carbocycles. The zero-order valence-corrected chi connectivity index (χ0v) is 20.9. The van der Waals surface area contributed by atoms with E-state index < -0.39 is 39.1 Å². The molecule has 4 rings (SSSR count). The predicted octanol–water partition coefficient (Wildman–Crippen LogP) is 3.85. The van der Waals surface area contributed by atoms with Gasteiger partial charge in [-0.3, -0.25) is 4.57 Å². The number of benzene rings is 1. The Labute approximate surface area is 209 Å². The van der Waals surface area contributed by atoms with Gasteiger partial charge in [0.1, 0.15) is 9.84 Å². The number of aromatic nitrogens is 4. The Morgan fingerprint density at radius 3 is 2.54 bits per heavy atom. The number of nitrogens with zero attached hydrogens (tertiary/aromatic N) is 3. The molecule has 4 aromatic rings. The number of pyridine rings is 2. The smallest absolute Gasteiger partial charge is 0.417 e. The van der Waals surface area contributed by atoms with Crippen molar-refractivity contribution >= 4 is 21.0 Å². The highest BCUT2D eigenvalue weighted by molar-refractivity contribution is 7.90. The van der Waals surface area contributed by atoms with Gasteiger partial charge in [-0.1, -0.05) is 18.2 Å². The summed E-state index contributed by atoms with van der Waals surface area (Å²) in [6.45, 7) is 2.00. The van der Waals surface area contributed by atoms with Crippen LogP contribution in [0.1, 0.15) is 24.2 Å². The van der Waals surface area contributed by atoms with E-state index in [0.717, 1.165) is 16.9 Å². The van der Waals surface area contributed by atoms with Crippen LogP contribution in [-0.2, 0) is 16.0 Å². The molecule has 1 atom stereocenters. The van der Waals surface area contributed by atoms with Crippen molar-refractivity contribution in [3.8, 4) is 22.8 Å². The minimum absolute atomic E-state index is 0.0578. The SMILES string of the molecule is CCOc1nc(C(CS(C)(=O)=O)n2c(=O)[nH]c3cc(-c4ccccc4C(F)(F)F)cnc32)ccc1OC. The Hall–Kier alpha value is -3.87. The first kappa shape index (κ1) is 26.2. The first-order chi connectivity index (χ1) is 17.4. The minimum atomic E-state index is -4.59. The summed E-state index contributed by atoms with van der Waals surface area (Å²) in [6.07, 6.45) is -2.36. The van der Waals surface area contributed by atoms with Crippen molar-refractivity contribution < 1.29 is 31.1 Å². The lowest BCUT2D eigenvalue weighted by molar-refractivity contribution is -0.137. The molecule has 1 unspecified atom stereocenters. The molecule has 0 aliphatic carbocycles. The standard InChI is InChI=1S/C24H23F3N4O5S/c1-4-36-22-20(35-2)10-9-17(29-22)19(13-37(3,33)34)31-21-18(30-23(31)32)11-14(12-28-21)15-7-5-6-8-16(15)24(25,26)27/h5-12,19H,4,13H2,1-3H3,(H,30,32). The van der Waals surface area contributed by atoms with Crippen LogP contribution in [0.3, 0.4) is 0 Å². The maximum Gasteiger partial charge on any atom is 0.417 e. The van der Waals surface area contributed by atoms with Crippen LogP contribution in [0.4, 0.5) is 13.2 Å². The molecule has 0 saturated carbocycles. The van der Waals surface area contributed by atoms with Crippen molar-refractivity contribution in [1.29, 1.82) is 0 Å². The van der Waals surface area contributed by atoms with Crippen molar-refractivity contribution in [2.24, 2.45) is 0 Å². The van der Waals surface area contributed by atoms with Crippen LogP contribution < -0.4 is 15.2 Å². The van der Waals surface area contributed by atoms with E-state index >= 15 is 0 Å². The fourth-order valence-electron chi connectivity index (χ4n) is 4.03. The van der Waals surface area contributed by atoms with Crippen molar-refractivity contribution in [3.05, 3.63) is 70.4 Å². The fourth-order valence-corrected chi connectivity index (χ4v) is 4.93. The molecule has 3 aromatic heterocycles. The summed E-state index contributed by atoms with van der Waals surface area (Å²) in [5.41, 5.74) is -1.13. The van der Waals surface area contributed by atoms with Gasteiger partial charge in [-0.25, -0.2) is 23.2 Å². The summed E-state index contributed by atoms with van der Waals surface area (Å²) in [5.74, 6) is -0.0561. The van der Waals surface area contributed by atoms with E-state index in [-0.39, 0.29) is 40.5 Å². The molecular weight excluding hydrogens is 513 g/mol. The van der Waals surface area contributed by atoms with Gasteiger partial charge in [-0.2, -0.15) is 13.2 Å². The number of sulfone groups is 1. The van der Waals surface area contributed by atoms with Gasteiger partial charge in [-0.05, 0) is 36.8 Å². The number of ether oxygens (including phenoxy) is 2. The summed E-state index contributed by atoms with van der Waals surface area (Å²) < 4.78 is 77.1. The maximum absolute atomic E-state index is 13.5. The second-order valence-electron chi connectivity index (χ2n) is 8.22. The lowest BCUT2D eigenvalue weighted by atomic mass is 10.0. The van der Waals surface area contributed by atoms with E-state index in [4.69, 9.17) is 9.47 Å².